The Morgan fingerprint density at radius 1 is 1.20 bits per heavy atom. The van der Waals surface area contributed by atoms with Gasteiger partial charge in [0.2, 0.25) is 5.91 Å². The van der Waals surface area contributed by atoms with Crippen molar-refractivity contribution in [3.63, 3.8) is 0 Å². The predicted molar refractivity (Wildman–Crippen MR) is 95.8 cm³/mol. The number of amides is 1. The standard InChI is InChI=1S/C20H28N2O3/c1-24-18-7-5-16(6-8-18)11-19(23)22-14-20(15-22)12-17(13-25-20)21-9-3-2-4-10-21/h5-8,17H,2-4,9-15H2,1H3. The van der Waals surface area contributed by atoms with Crippen molar-refractivity contribution >= 4 is 5.91 Å². The molecular weight excluding hydrogens is 316 g/mol. The highest BCUT2D eigenvalue weighted by Gasteiger charge is 2.52. The molecule has 0 radical (unpaired) electrons. The van der Waals surface area contributed by atoms with Gasteiger partial charge >= 0.3 is 0 Å². The minimum Gasteiger partial charge on any atom is -0.497 e. The number of hydrogen-bond donors (Lipinski definition) is 0. The summed E-state index contributed by atoms with van der Waals surface area (Å²) in [6.07, 6.45) is 5.53. The number of rotatable bonds is 4. The first-order valence-corrected chi connectivity index (χ1v) is 9.46. The largest absolute Gasteiger partial charge is 0.497 e. The fourth-order valence-corrected chi connectivity index (χ4v) is 4.41. The molecule has 1 aromatic carbocycles. The third-order valence-electron chi connectivity index (χ3n) is 5.92. The third kappa shape index (κ3) is 3.53. The topological polar surface area (TPSA) is 42.0 Å². The fraction of sp³-hybridized carbons (Fsp3) is 0.650. The van der Waals surface area contributed by atoms with Crippen molar-refractivity contribution in [2.75, 3.05) is 39.9 Å². The van der Waals surface area contributed by atoms with E-state index in [1.807, 2.05) is 29.2 Å². The van der Waals surface area contributed by atoms with Crippen LogP contribution in [0, 0.1) is 0 Å². The molecule has 0 aliphatic carbocycles. The van der Waals surface area contributed by atoms with E-state index in [-0.39, 0.29) is 11.5 Å². The Hall–Kier alpha value is -1.59. The summed E-state index contributed by atoms with van der Waals surface area (Å²) < 4.78 is 11.3. The SMILES string of the molecule is COc1ccc(CC(=O)N2CC3(CC(N4CCCCC4)CO3)C2)cc1. The van der Waals surface area contributed by atoms with Crippen molar-refractivity contribution < 1.29 is 14.3 Å². The molecule has 1 aromatic rings. The van der Waals surface area contributed by atoms with Crippen molar-refractivity contribution in [3.8, 4) is 5.75 Å². The Bertz CT molecular complexity index is 604. The van der Waals surface area contributed by atoms with Crippen LogP contribution in [-0.4, -0.2) is 67.2 Å². The molecule has 1 amide bonds. The molecule has 3 aliphatic rings. The highest BCUT2D eigenvalue weighted by atomic mass is 16.5. The second-order valence-electron chi connectivity index (χ2n) is 7.72. The molecule has 3 fully saturated rings. The molecule has 3 heterocycles. The Morgan fingerprint density at radius 2 is 1.92 bits per heavy atom. The van der Waals surface area contributed by atoms with E-state index in [0.29, 0.717) is 12.5 Å². The van der Waals surface area contributed by atoms with Gasteiger partial charge in [0.15, 0.2) is 0 Å². The van der Waals surface area contributed by atoms with E-state index >= 15 is 0 Å². The Morgan fingerprint density at radius 3 is 2.60 bits per heavy atom. The maximum absolute atomic E-state index is 12.5. The molecule has 0 aromatic heterocycles. The van der Waals surface area contributed by atoms with E-state index < -0.39 is 0 Å². The maximum atomic E-state index is 12.5. The Balaban J connectivity index is 1.27. The average molecular weight is 344 g/mol. The number of benzene rings is 1. The summed E-state index contributed by atoms with van der Waals surface area (Å²) in [5, 5.41) is 0. The summed E-state index contributed by atoms with van der Waals surface area (Å²) in [4.78, 5) is 17.0. The van der Waals surface area contributed by atoms with Gasteiger partial charge in [-0.1, -0.05) is 18.6 Å². The average Bonchev–Trinajstić information content (AvgIpc) is 3.08. The number of ether oxygens (including phenoxy) is 2. The lowest BCUT2D eigenvalue weighted by atomic mass is 9.88. The summed E-state index contributed by atoms with van der Waals surface area (Å²) in [7, 11) is 1.65. The van der Waals surface area contributed by atoms with Crippen molar-refractivity contribution in [1.29, 1.82) is 0 Å². The molecule has 25 heavy (non-hydrogen) atoms. The van der Waals surface area contributed by atoms with Gasteiger partial charge in [-0.2, -0.15) is 0 Å². The summed E-state index contributed by atoms with van der Waals surface area (Å²) in [6, 6.07) is 8.29. The number of hydrogen-bond acceptors (Lipinski definition) is 4. The molecule has 4 rings (SSSR count). The molecule has 1 atom stereocenters. The monoisotopic (exact) mass is 344 g/mol. The molecule has 1 unspecified atom stereocenters. The minimum absolute atomic E-state index is 0.0717. The van der Waals surface area contributed by atoms with Crippen LogP contribution >= 0.6 is 0 Å². The minimum atomic E-state index is -0.0717. The van der Waals surface area contributed by atoms with Gasteiger partial charge in [-0.15, -0.1) is 0 Å². The zero-order chi connectivity index (χ0) is 17.3. The van der Waals surface area contributed by atoms with Crippen LogP contribution in [-0.2, 0) is 16.0 Å². The number of methoxy groups -OCH3 is 1. The molecule has 5 heteroatoms. The van der Waals surface area contributed by atoms with Gasteiger partial charge in [-0.05, 0) is 50.0 Å². The highest BCUT2D eigenvalue weighted by Crippen LogP contribution is 2.37. The lowest BCUT2D eigenvalue weighted by Gasteiger charge is -2.47. The number of carbonyl (C=O) groups is 1. The zero-order valence-electron chi connectivity index (χ0n) is 15.1. The summed E-state index contributed by atoms with van der Waals surface area (Å²) in [6.45, 7) is 4.77. The molecule has 1 spiro atoms. The molecule has 0 bridgehead atoms. The highest BCUT2D eigenvalue weighted by molar-refractivity contribution is 5.80. The van der Waals surface area contributed by atoms with Crippen molar-refractivity contribution in [2.45, 2.75) is 43.7 Å². The molecular formula is C20H28N2O3. The number of nitrogens with zero attached hydrogens (tertiary/aromatic N) is 2. The van der Waals surface area contributed by atoms with E-state index in [1.165, 1.54) is 32.4 Å². The summed E-state index contributed by atoms with van der Waals surface area (Å²) in [5.74, 6) is 1.02. The normalized spacial score (nSPS) is 25.8. The number of likely N-dealkylation sites (tertiary alicyclic amines) is 2. The smallest absolute Gasteiger partial charge is 0.227 e. The molecule has 0 saturated carbocycles. The third-order valence-corrected chi connectivity index (χ3v) is 5.92. The van der Waals surface area contributed by atoms with Crippen LogP contribution in [0.3, 0.4) is 0 Å². The van der Waals surface area contributed by atoms with E-state index in [0.717, 1.165) is 37.4 Å². The van der Waals surface area contributed by atoms with Gasteiger partial charge in [0.05, 0.1) is 33.2 Å². The number of piperidine rings is 1. The van der Waals surface area contributed by atoms with Crippen LogP contribution in [0.25, 0.3) is 0 Å². The first-order chi connectivity index (χ1) is 12.2. The molecule has 3 saturated heterocycles. The maximum Gasteiger partial charge on any atom is 0.227 e. The predicted octanol–water partition coefficient (Wildman–Crippen LogP) is 2.09. The van der Waals surface area contributed by atoms with E-state index in [4.69, 9.17) is 9.47 Å². The van der Waals surface area contributed by atoms with Crippen LogP contribution in [0.4, 0.5) is 0 Å². The second kappa shape index (κ2) is 6.96. The lowest BCUT2D eigenvalue weighted by molar-refractivity contribution is -0.157. The Kier molecular flexibility index (Phi) is 4.69. The van der Waals surface area contributed by atoms with Gasteiger partial charge in [0.25, 0.3) is 0 Å². The lowest BCUT2D eigenvalue weighted by Crippen LogP contribution is -2.63. The van der Waals surface area contributed by atoms with Gasteiger partial charge in [-0.3, -0.25) is 9.69 Å². The van der Waals surface area contributed by atoms with Gasteiger partial charge in [0.1, 0.15) is 11.4 Å². The molecule has 0 N–H and O–H groups in total. The van der Waals surface area contributed by atoms with Crippen LogP contribution in [0.15, 0.2) is 24.3 Å². The van der Waals surface area contributed by atoms with E-state index in [9.17, 15) is 4.79 Å². The summed E-state index contributed by atoms with van der Waals surface area (Å²) >= 11 is 0. The Labute approximate surface area is 149 Å². The summed E-state index contributed by atoms with van der Waals surface area (Å²) in [5.41, 5.74) is 0.961. The first kappa shape index (κ1) is 16.9. The van der Waals surface area contributed by atoms with Crippen molar-refractivity contribution in [3.05, 3.63) is 29.8 Å². The van der Waals surface area contributed by atoms with Crippen LogP contribution in [0.2, 0.25) is 0 Å². The second-order valence-corrected chi connectivity index (χ2v) is 7.72. The fourth-order valence-electron chi connectivity index (χ4n) is 4.41. The molecule has 3 aliphatic heterocycles. The van der Waals surface area contributed by atoms with Crippen LogP contribution < -0.4 is 4.74 Å². The van der Waals surface area contributed by atoms with Gasteiger partial charge < -0.3 is 14.4 Å². The first-order valence-electron chi connectivity index (χ1n) is 9.46. The van der Waals surface area contributed by atoms with Crippen molar-refractivity contribution in [1.82, 2.24) is 9.80 Å². The van der Waals surface area contributed by atoms with E-state index in [2.05, 4.69) is 4.90 Å². The zero-order valence-corrected chi connectivity index (χ0v) is 15.1. The van der Waals surface area contributed by atoms with E-state index in [1.54, 1.807) is 7.11 Å². The molecule has 136 valence electrons. The number of carbonyl (C=O) groups excluding carboxylic acids is 1. The van der Waals surface area contributed by atoms with Crippen LogP contribution in [0.5, 0.6) is 5.75 Å². The molecule has 5 nitrogen and oxygen atoms in total. The quantitative estimate of drug-likeness (QED) is 0.839. The van der Waals surface area contributed by atoms with Crippen LogP contribution in [0.1, 0.15) is 31.2 Å². The van der Waals surface area contributed by atoms with Gasteiger partial charge in [0, 0.05) is 6.04 Å². The van der Waals surface area contributed by atoms with Crippen molar-refractivity contribution in [2.24, 2.45) is 0 Å². The van der Waals surface area contributed by atoms with Gasteiger partial charge in [-0.25, -0.2) is 0 Å².